The lowest BCUT2D eigenvalue weighted by molar-refractivity contribution is 0.0481. The van der Waals surface area contributed by atoms with E-state index in [-0.39, 0.29) is 24.3 Å². The molecule has 0 saturated heterocycles. The third-order valence-electron chi connectivity index (χ3n) is 4.31. The van der Waals surface area contributed by atoms with Crippen LogP contribution in [-0.4, -0.2) is 50.8 Å². The van der Waals surface area contributed by atoms with E-state index >= 15 is 0 Å². The maximum atomic E-state index is 12.8. The molecule has 1 aliphatic heterocycles. The fourth-order valence-corrected chi connectivity index (χ4v) is 5.29. The number of hydrogen-bond donors (Lipinski definition) is 0. The van der Waals surface area contributed by atoms with E-state index in [9.17, 15) is 9.59 Å². The van der Waals surface area contributed by atoms with E-state index in [1.54, 1.807) is 26.3 Å². The second kappa shape index (κ2) is 10.7. The van der Waals surface area contributed by atoms with Gasteiger partial charge < -0.3 is 18.9 Å². The number of hydrogen-bond acceptors (Lipinski definition) is 11. The molecule has 0 spiro atoms. The first-order valence-electron chi connectivity index (χ1n) is 10.1. The van der Waals surface area contributed by atoms with Crippen LogP contribution in [0.1, 0.15) is 44.3 Å². The van der Waals surface area contributed by atoms with Crippen molar-refractivity contribution < 1.29 is 28.5 Å². The van der Waals surface area contributed by atoms with Gasteiger partial charge in [0.1, 0.15) is 34.3 Å². The average molecular weight is 505 g/mol. The zero-order valence-electron chi connectivity index (χ0n) is 17.9. The van der Waals surface area contributed by atoms with Gasteiger partial charge in [-0.25, -0.2) is 19.6 Å². The summed E-state index contributed by atoms with van der Waals surface area (Å²) in [4.78, 5) is 36.3. The lowest BCUT2D eigenvalue weighted by atomic mass is 10.1. The summed E-state index contributed by atoms with van der Waals surface area (Å²) in [5.41, 5.74) is 0.0884. The van der Waals surface area contributed by atoms with Crippen molar-refractivity contribution in [3.8, 4) is 11.5 Å². The minimum Gasteiger partial charge on any atom is -0.485 e. The summed E-state index contributed by atoms with van der Waals surface area (Å²) in [7, 11) is 0. The van der Waals surface area contributed by atoms with Gasteiger partial charge in [0, 0.05) is 22.7 Å². The van der Waals surface area contributed by atoms with Crippen molar-refractivity contribution in [1.29, 1.82) is 0 Å². The molecule has 33 heavy (non-hydrogen) atoms. The lowest BCUT2D eigenvalue weighted by Crippen LogP contribution is -2.14. The number of aliphatic imine (C=N–C) groups is 2. The molecule has 8 nitrogen and oxygen atoms in total. The summed E-state index contributed by atoms with van der Waals surface area (Å²) in [6.07, 6.45) is 3.23. The molecule has 0 aromatic carbocycles. The van der Waals surface area contributed by atoms with Gasteiger partial charge >= 0.3 is 11.9 Å². The smallest absolute Gasteiger partial charge is 0.342 e. The Bertz CT molecular complexity index is 1190. The van der Waals surface area contributed by atoms with Gasteiger partial charge in [0.2, 0.25) is 0 Å². The first-order chi connectivity index (χ1) is 16.1. The topological polar surface area (TPSA) is 95.8 Å². The summed E-state index contributed by atoms with van der Waals surface area (Å²) >= 11 is 4.03. The molecule has 0 fully saturated rings. The molecular formula is C22H20N2O6S3. The van der Waals surface area contributed by atoms with Gasteiger partial charge in [-0.3, -0.25) is 0 Å². The fourth-order valence-electron chi connectivity index (χ4n) is 2.95. The molecule has 3 aromatic heterocycles. The molecule has 3 aromatic rings. The highest BCUT2D eigenvalue weighted by molar-refractivity contribution is 7.20. The van der Waals surface area contributed by atoms with Crippen molar-refractivity contribution in [1.82, 2.24) is 0 Å². The molecule has 11 heteroatoms. The Morgan fingerprint density at radius 1 is 1.00 bits per heavy atom. The number of fused-ring (bicyclic) bond motifs is 1. The Kier molecular flexibility index (Phi) is 7.53. The van der Waals surface area contributed by atoms with E-state index in [0.717, 1.165) is 21.1 Å². The molecule has 0 saturated carbocycles. The maximum absolute atomic E-state index is 12.8. The summed E-state index contributed by atoms with van der Waals surface area (Å²) in [6, 6.07) is 3.80. The highest BCUT2D eigenvalue weighted by Crippen LogP contribution is 2.43. The van der Waals surface area contributed by atoms with Gasteiger partial charge in [-0.2, -0.15) is 0 Å². The van der Waals surface area contributed by atoms with Gasteiger partial charge in [-0.1, -0.05) is 17.4 Å². The summed E-state index contributed by atoms with van der Waals surface area (Å²) in [5, 5.41) is 4.39. The molecule has 0 aliphatic carbocycles. The van der Waals surface area contributed by atoms with Crippen LogP contribution < -0.4 is 9.47 Å². The van der Waals surface area contributed by atoms with Gasteiger partial charge in [0.15, 0.2) is 11.5 Å². The summed E-state index contributed by atoms with van der Waals surface area (Å²) in [6.45, 7) is 4.64. The number of esters is 2. The highest BCUT2D eigenvalue weighted by Gasteiger charge is 2.30. The van der Waals surface area contributed by atoms with Crippen LogP contribution in [0, 0.1) is 0 Å². The molecule has 0 amide bonds. The number of thiophene rings is 3. The fraction of sp³-hybridized carbons (Fsp3) is 0.273. The first kappa shape index (κ1) is 23.1. The molecule has 0 atom stereocenters. The van der Waals surface area contributed by atoms with E-state index in [0.29, 0.717) is 34.7 Å². The van der Waals surface area contributed by atoms with Gasteiger partial charge in [0.05, 0.1) is 18.1 Å². The van der Waals surface area contributed by atoms with Crippen LogP contribution in [-0.2, 0) is 9.47 Å². The first-order valence-corrected chi connectivity index (χ1v) is 12.7. The standard InChI is InChI=1S/C22H20N2O6S3/c1-3-27-21(25)16-17(22(26)28-4-2)20(33-19(16)23-10-13-6-5-9-31-13)24-11-15-18-14(12-32-15)29-7-8-30-18/h5-6,9-12H,3-4,7-8H2,1-2H3/b23-10+,24-11+. The van der Waals surface area contributed by atoms with Crippen molar-refractivity contribution in [2.24, 2.45) is 9.98 Å². The maximum Gasteiger partial charge on any atom is 0.342 e. The molecule has 0 N–H and O–H groups in total. The van der Waals surface area contributed by atoms with E-state index in [2.05, 4.69) is 9.98 Å². The second-order valence-electron chi connectivity index (χ2n) is 6.43. The molecule has 1 aliphatic rings. The van der Waals surface area contributed by atoms with Gasteiger partial charge in [0.25, 0.3) is 0 Å². The number of ether oxygens (including phenoxy) is 4. The quantitative estimate of drug-likeness (QED) is 0.297. The van der Waals surface area contributed by atoms with Crippen molar-refractivity contribution >= 4 is 68.4 Å². The van der Waals surface area contributed by atoms with Crippen LogP contribution in [0.15, 0.2) is 32.9 Å². The van der Waals surface area contributed by atoms with Crippen LogP contribution in [0.4, 0.5) is 10.0 Å². The number of nitrogens with zero attached hydrogens (tertiary/aromatic N) is 2. The predicted molar refractivity (Wildman–Crippen MR) is 130 cm³/mol. The Labute approximate surface area is 202 Å². The van der Waals surface area contributed by atoms with Gasteiger partial charge in [-0.15, -0.1) is 22.7 Å². The zero-order valence-corrected chi connectivity index (χ0v) is 20.3. The highest BCUT2D eigenvalue weighted by atomic mass is 32.1. The van der Waals surface area contributed by atoms with Crippen LogP contribution >= 0.6 is 34.0 Å². The second-order valence-corrected chi connectivity index (χ2v) is 9.29. The minimum absolute atomic E-state index is 0.0393. The lowest BCUT2D eigenvalue weighted by Gasteiger charge is -2.14. The largest absolute Gasteiger partial charge is 0.485 e. The summed E-state index contributed by atoms with van der Waals surface area (Å²) < 4.78 is 21.7. The Balaban J connectivity index is 1.79. The summed E-state index contributed by atoms with van der Waals surface area (Å²) in [5.74, 6) is -0.0279. The zero-order chi connectivity index (χ0) is 23.2. The molecule has 4 heterocycles. The normalized spacial score (nSPS) is 13.0. The van der Waals surface area contributed by atoms with Crippen molar-refractivity contribution in [3.63, 3.8) is 0 Å². The van der Waals surface area contributed by atoms with E-state index in [1.165, 1.54) is 22.7 Å². The number of carbonyl (C=O) groups is 2. The third-order valence-corrected chi connectivity index (χ3v) is 7.00. The molecule has 172 valence electrons. The number of rotatable bonds is 8. The van der Waals surface area contributed by atoms with Gasteiger partial charge in [-0.05, 0) is 25.3 Å². The average Bonchev–Trinajstić information content (AvgIpc) is 3.55. The molecule has 4 rings (SSSR count). The molecule has 0 unspecified atom stereocenters. The van der Waals surface area contributed by atoms with E-state index in [1.807, 2.05) is 22.9 Å². The third kappa shape index (κ3) is 5.15. The Hall–Kier alpha value is -3.02. The van der Waals surface area contributed by atoms with Crippen LogP contribution in [0.3, 0.4) is 0 Å². The molecular weight excluding hydrogens is 484 g/mol. The minimum atomic E-state index is -0.658. The Morgan fingerprint density at radius 2 is 1.67 bits per heavy atom. The monoisotopic (exact) mass is 504 g/mol. The van der Waals surface area contributed by atoms with Crippen molar-refractivity contribution in [2.45, 2.75) is 13.8 Å². The SMILES string of the molecule is CCOC(=O)c1c(/N=C/c2cccs2)sc(/N=C/c2scc3c2OCCO3)c1C(=O)OCC. The van der Waals surface area contributed by atoms with Crippen molar-refractivity contribution in [3.05, 3.63) is 43.8 Å². The van der Waals surface area contributed by atoms with Crippen LogP contribution in [0.2, 0.25) is 0 Å². The van der Waals surface area contributed by atoms with E-state index in [4.69, 9.17) is 18.9 Å². The van der Waals surface area contributed by atoms with E-state index < -0.39 is 11.9 Å². The van der Waals surface area contributed by atoms with Crippen molar-refractivity contribution in [2.75, 3.05) is 26.4 Å². The molecule has 0 bridgehead atoms. The number of carbonyl (C=O) groups excluding carboxylic acids is 2. The molecule has 0 radical (unpaired) electrons. The van der Waals surface area contributed by atoms with Crippen LogP contribution in [0.25, 0.3) is 0 Å². The predicted octanol–water partition coefficient (Wildman–Crippen LogP) is 5.50. The van der Waals surface area contributed by atoms with Crippen LogP contribution in [0.5, 0.6) is 11.5 Å². The Morgan fingerprint density at radius 3 is 2.30 bits per heavy atom.